The fourth-order valence-electron chi connectivity index (χ4n) is 1.81. The van der Waals surface area contributed by atoms with Gasteiger partial charge in [0, 0.05) is 17.8 Å². The van der Waals surface area contributed by atoms with Gasteiger partial charge in [-0.3, -0.25) is 4.79 Å². The Hall–Kier alpha value is -1.89. The third-order valence-corrected chi connectivity index (χ3v) is 3.97. The van der Waals surface area contributed by atoms with E-state index in [2.05, 4.69) is 20.3 Å². The van der Waals surface area contributed by atoms with Gasteiger partial charge in [-0.15, -0.1) is 11.3 Å². The number of H-pyrrole nitrogens is 1. The number of carbonyl (C=O) groups is 1. The molecule has 2 aromatic rings. The molecule has 0 aliphatic rings. The van der Waals surface area contributed by atoms with Crippen molar-refractivity contribution in [1.82, 2.24) is 15.0 Å². The third kappa shape index (κ3) is 3.41. The molecule has 2 aromatic heterocycles. The van der Waals surface area contributed by atoms with Gasteiger partial charge < -0.3 is 15.0 Å². The zero-order chi connectivity index (χ0) is 15.5. The molecular weight excluding hydrogens is 288 g/mol. The van der Waals surface area contributed by atoms with Crippen molar-refractivity contribution in [2.24, 2.45) is 0 Å². The van der Waals surface area contributed by atoms with Crippen molar-refractivity contribution in [3.63, 3.8) is 0 Å². The first-order valence-corrected chi connectivity index (χ1v) is 7.72. The molecule has 7 heteroatoms. The highest BCUT2D eigenvalue weighted by Crippen LogP contribution is 2.29. The van der Waals surface area contributed by atoms with E-state index in [-0.39, 0.29) is 12.0 Å². The first-order valence-electron chi connectivity index (χ1n) is 6.84. The Kier molecular flexibility index (Phi) is 4.62. The summed E-state index contributed by atoms with van der Waals surface area (Å²) in [4.78, 5) is 23.8. The summed E-state index contributed by atoms with van der Waals surface area (Å²) >= 11 is 1.47. The van der Waals surface area contributed by atoms with Crippen LogP contribution in [-0.4, -0.2) is 27.5 Å². The minimum Gasteiger partial charge on any atom is -0.465 e. The van der Waals surface area contributed by atoms with Gasteiger partial charge in [0.2, 0.25) is 0 Å². The zero-order valence-corrected chi connectivity index (χ0v) is 13.5. The van der Waals surface area contributed by atoms with Crippen LogP contribution in [0, 0.1) is 0 Å². The number of rotatable bonds is 6. The Bertz CT molecular complexity index is 592. The van der Waals surface area contributed by atoms with Crippen LogP contribution in [-0.2, 0) is 14.9 Å². The number of hydrogen-bond acceptors (Lipinski definition) is 6. The SMILES string of the molecule is CCOC(=O)C(C)(C)c1csc(NC(C)c2ncc[nH]2)n1. The van der Waals surface area contributed by atoms with E-state index in [1.165, 1.54) is 11.3 Å². The Morgan fingerprint density at radius 2 is 2.33 bits per heavy atom. The first kappa shape index (κ1) is 15.5. The van der Waals surface area contributed by atoms with E-state index >= 15 is 0 Å². The molecule has 0 saturated heterocycles. The molecule has 2 rings (SSSR count). The largest absolute Gasteiger partial charge is 0.465 e. The van der Waals surface area contributed by atoms with E-state index in [9.17, 15) is 4.79 Å². The molecule has 21 heavy (non-hydrogen) atoms. The minimum absolute atomic E-state index is 0.0182. The molecular formula is C14H20N4O2S. The molecule has 2 N–H and O–H groups in total. The molecule has 2 heterocycles. The van der Waals surface area contributed by atoms with Gasteiger partial charge in [0.25, 0.3) is 0 Å². The number of ether oxygens (including phenoxy) is 1. The number of hydrogen-bond donors (Lipinski definition) is 2. The number of anilines is 1. The fraction of sp³-hybridized carbons (Fsp3) is 0.500. The van der Waals surface area contributed by atoms with Gasteiger partial charge >= 0.3 is 5.97 Å². The maximum absolute atomic E-state index is 12.0. The molecule has 1 atom stereocenters. The number of aromatic nitrogens is 3. The lowest BCUT2D eigenvalue weighted by molar-refractivity contribution is -0.148. The predicted octanol–water partition coefficient (Wildman–Crippen LogP) is 2.88. The van der Waals surface area contributed by atoms with E-state index in [1.807, 2.05) is 26.2 Å². The molecule has 0 bridgehead atoms. The number of nitrogens with one attached hydrogen (secondary N) is 2. The Balaban J connectivity index is 2.09. The number of aromatic amines is 1. The Morgan fingerprint density at radius 3 is 2.95 bits per heavy atom. The minimum atomic E-state index is -0.750. The first-order chi connectivity index (χ1) is 9.95. The van der Waals surface area contributed by atoms with Gasteiger partial charge in [-0.1, -0.05) is 0 Å². The number of thiazole rings is 1. The highest BCUT2D eigenvalue weighted by molar-refractivity contribution is 7.13. The number of imidazole rings is 1. The summed E-state index contributed by atoms with van der Waals surface area (Å²) in [6.45, 7) is 7.80. The highest BCUT2D eigenvalue weighted by atomic mass is 32.1. The molecule has 0 aromatic carbocycles. The average Bonchev–Trinajstić information content (AvgIpc) is 3.10. The van der Waals surface area contributed by atoms with Crippen molar-refractivity contribution >= 4 is 22.4 Å². The van der Waals surface area contributed by atoms with Gasteiger partial charge in [-0.25, -0.2) is 9.97 Å². The molecule has 0 aliphatic carbocycles. The van der Waals surface area contributed by atoms with Crippen molar-refractivity contribution in [2.45, 2.75) is 39.2 Å². The number of nitrogens with zero attached hydrogens (tertiary/aromatic N) is 2. The topological polar surface area (TPSA) is 79.9 Å². The average molecular weight is 308 g/mol. The summed E-state index contributed by atoms with van der Waals surface area (Å²) in [5, 5.41) is 5.91. The van der Waals surface area contributed by atoms with Crippen LogP contribution in [0.1, 0.15) is 45.3 Å². The van der Waals surface area contributed by atoms with Crippen molar-refractivity contribution in [1.29, 1.82) is 0 Å². The van der Waals surface area contributed by atoms with Crippen LogP contribution >= 0.6 is 11.3 Å². The van der Waals surface area contributed by atoms with Crippen LogP contribution in [0.15, 0.2) is 17.8 Å². The zero-order valence-electron chi connectivity index (χ0n) is 12.6. The Morgan fingerprint density at radius 1 is 1.57 bits per heavy atom. The monoisotopic (exact) mass is 308 g/mol. The second-order valence-electron chi connectivity index (χ2n) is 5.22. The molecule has 0 spiro atoms. The quantitative estimate of drug-likeness (QED) is 0.802. The van der Waals surface area contributed by atoms with E-state index in [4.69, 9.17) is 4.74 Å². The number of carbonyl (C=O) groups excluding carboxylic acids is 1. The second-order valence-corrected chi connectivity index (χ2v) is 6.08. The summed E-state index contributed by atoms with van der Waals surface area (Å²) in [6, 6.07) is 0.0182. The summed E-state index contributed by atoms with van der Waals surface area (Å²) in [5.41, 5.74) is -0.0412. The van der Waals surface area contributed by atoms with Crippen molar-refractivity contribution < 1.29 is 9.53 Å². The van der Waals surface area contributed by atoms with Gasteiger partial charge in [-0.2, -0.15) is 0 Å². The molecule has 114 valence electrons. The maximum atomic E-state index is 12.0. The molecule has 6 nitrogen and oxygen atoms in total. The second kappa shape index (κ2) is 6.26. The van der Waals surface area contributed by atoms with Crippen LogP contribution in [0.2, 0.25) is 0 Å². The van der Waals surface area contributed by atoms with Crippen LogP contribution in [0.25, 0.3) is 0 Å². The van der Waals surface area contributed by atoms with Crippen molar-refractivity contribution in [2.75, 3.05) is 11.9 Å². The van der Waals surface area contributed by atoms with E-state index in [0.717, 1.165) is 11.0 Å². The van der Waals surface area contributed by atoms with Crippen molar-refractivity contribution in [3.05, 3.63) is 29.3 Å². The molecule has 0 aliphatic heterocycles. The van der Waals surface area contributed by atoms with Gasteiger partial charge in [0.1, 0.15) is 11.2 Å². The summed E-state index contributed by atoms with van der Waals surface area (Å²) < 4.78 is 5.10. The summed E-state index contributed by atoms with van der Waals surface area (Å²) in [6.07, 6.45) is 3.50. The maximum Gasteiger partial charge on any atom is 0.317 e. The Labute approximate surface area is 128 Å². The van der Waals surface area contributed by atoms with Crippen LogP contribution in [0.4, 0.5) is 5.13 Å². The normalized spacial score (nSPS) is 13.0. The molecule has 0 radical (unpaired) electrons. The van der Waals surface area contributed by atoms with Gasteiger partial charge in [-0.05, 0) is 27.7 Å². The smallest absolute Gasteiger partial charge is 0.317 e. The molecule has 0 saturated carbocycles. The molecule has 0 fully saturated rings. The number of esters is 1. The summed E-state index contributed by atoms with van der Waals surface area (Å²) in [7, 11) is 0. The van der Waals surface area contributed by atoms with E-state index < -0.39 is 5.41 Å². The lowest BCUT2D eigenvalue weighted by Crippen LogP contribution is -2.31. The molecule has 0 amide bonds. The van der Waals surface area contributed by atoms with Gasteiger partial charge in [0.05, 0.1) is 18.3 Å². The third-order valence-electron chi connectivity index (χ3n) is 3.20. The van der Waals surface area contributed by atoms with Gasteiger partial charge in [0.15, 0.2) is 5.13 Å². The predicted molar refractivity (Wildman–Crippen MR) is 82.4 cm³/mol. The van der Waals surface area contributed by atoms with Crippen LogP contribution in [0.5, 0.6) is 0 Å². The van der Waals surface area contributed by atoms with Crippen molar-refractivity contribution in [3.8, 4) is 0 Å². The molecule has 1 unspecified atom stereocenters. The highest BCUT2D eigenvalue weighted by Gasteiger charge is 2.34. The standard InChI is InChI=1S/C14H20N4O2S/c1-5-20-12(19)14(3,4)10-8-21-13(18-10)17-9(2)11-15-6-7-16-11/h6-9H,5H2,1-4H3,(H,15,16)(H,17,18). The van der Waals surface area contributed by atoms with E-state index in [1.54, 1.807) is 19.3 Å². The lowest BCUT2D eigenvalue weighted by atomic mass is 9.90. The van der Waals surface area contributed by atoms with E-state index in [0.29, 0.717) is 12.3 Å². The van der Waals surface area contributed by atoms with Crippen LogP contribution < -0.4 is 5.32 Å². The lowest BCUT2D eigenvalue weighted by Gasteiger charge is -2.19. The van der Waals surface area contributed by atoms with Crippen LogP contribution in [0.3, 0.4) is 0 Å². The fourth-order valence-corrected chi connectivity index (χ4v) is 2.78. The summed E-state index contributed by atoms with van der Waals surface area (Å²) in [5.74, 6) is 0.581.